The van der Waals surface area contributed by atoms with Crippen molar-refractivity contribution >= 4 is 23.5 Å². The molecule has 0 fully saturated rings. The summed E-state index contributed by atoms with van der Waals surface area (Å²) in [6, 6.07) is 10.6. The number of hydrogen-bond donors (Lipinski definition) is 2. The minimum Gasteiger partial charge on any atom is -0.363 e. The van der Waals surface area contributed by atoms with Gasteiger partial charge in [0.05, 0.1) is 23.3 Å². The summed E-state index contributed by atoms with van der Waals surface area (Å²) >= 11 is 1.83. The maximum absolute atomic E-state index is 13.5. The molecular formula is C24H32N4OS. The van der Waals surface area contributed by atoms with E-state index in [-0.39, 0.29) is 23.0 Å². The highest BCUT2D eigenvalue weighted by Crippen LogP contribution is 2.41. The molecule has 0 saturated carbocycles. The minimum atomic E-state index is -0.219. The lowest BCUT2D eigenvalue weighted by Gasteiger charge is -2.39. The zero-order valence-corrected chi connectivity index (χ0v) is 19.1. The molecule has 6 heteroatoms. The van der Waals surface area contributed by atoms with Gasteiger partial charge in [0.15, 0.2) is 0 Å². The third-order valence-electron chi connectivity index (χ3n) is 6.73. The third-order valence-corrected chi connectivity index (χ3v) is 8.06. The van der Waals surface area contributed by atoms with Gasteiger partial charge in [0.2, 0.25) is 0 Å². The van der Waals surface area contributed by atoms with Crippen molar-refractivity contribution in [2.45, 2.75) is 75.7 Å². The number of hydrogen-bond acceptors (Lipinski definition) is 4. The van der Waals surface area contributed by atoms with Crippen LogP contribution in [0.15, 0.2) is 48.0 Å². The van der Waals surface area contributed by atoms with Crippen LogP contribution < -0.4 is 10.6 Å². The minimum absolute atomic E-state index is 0.0375. The first-order valence-corrected chi connectivity index (χ1v) is 11.9. The second-order valence-corrected chi connectivity index (χ2v) is 10.1. The van der Waals surface area contributed by atoms with E-state index in [2.05, 4.69) is 79.2 Å². The summed E-state index contributed by atoms with van der Waals surface area (Å²) in [5, 5.41) is 14.2. The smallest absolute Gasteiger partial charge is 0.257 e. The number of carbonyl (C=O) groups excluding carboxylic acids is 1. The first kappa shape index (κ1) is 21.0. The number of anilines is 1. The van der Waals surface area contributed by atoms with Crippen molar-refractivity contribution in [3.8, 4) is 0 Å². The average molecular weight is 425 g/mol. The summed E-state index contributed by atoms with van der Waals surface area (Å²) < 4.78 is 1.98. The van der Waals surface area contributed by atoms with Gasteiger partial charge in [-0.3, -0.25) is 4.79 Å². The number of nitrogens with one attached hydrogen (secondary N) is 2. The van der Waals surface area contributed by atoms with Gasteiger partial charge >= 0.3 is 0 Å². The number of carbonyl (C=O) groups is 1. The van der Waals surface area contributed by atoms with Crippen molar-refractivity contribution < 1.29 is 4.79 Å². The Morgan fingerprint density at radius 1 is 1.30 bits per heavy atom. The molecule has 30 heavy (non-hydrogen) atoms. The van der Waals surface area contributed by atoms with Crippen molar-refractivity contribution in [1.29, 1.82) is 0 Å². The van der Waals surface area contributed by atoms with Crippen LogP contribution in [-0.2, 0) is 5.54 Å². The fraction of sp³-hybridized carbons (Fsp3) is 0.500. The number of amides is 1. The molecule has 0 saturated heterocycles. The number of allylic oxidation sites excluding steroid dienone is 1. The van der Waals surface area contributed by atoms with Crippen LogP contribution in [0.25, 0.3) is 0 Å². The predicted molar refractivity (Wildman–Crippen MR) is 125 cm³/mol. The molecule has 0 radical (unpaired) electrons. The van der Waals surface area contributed by atoms with Crippen LogP contribution in [0.1, 0.15) is 75.3 Å². The van der Waals surface area contributed by atoms with Crippen molar-refractivity contribution in [3.05, 3.63) is 59.1 Å². The summed E-state index contributed by atoms with van der Waals surface area (Å²) in [5.74, 6) is 0.778. The summed E-state index contributed by atoms with van der Waals surface area (Å²) in [5.41, 5.74) is 1.46. The predicted octanol–water partition coefficient (Wildman–Crippen LogP) is 5.48. The molecule has 0 spiro atoms. The fourth-order valence-electron chi connectivity index (χ4n) is 4.80. The number of benzene rings is 1. The molecule has 0 bridgehead atoms. The molecular weight excluding hydrogens is 392 g/mol. The topological polar surface area (TPSA) is 59.0 Å². The van der Waals surface area contributed by atoms with Gasteiger partial charge in [-0.1, -0.05) is 50.3 Å². The van der Waals surface area contributed by atoms with E-state index in [1.54, 1.807) is 6.20 Å². The van der Waals surface area contributed by atoms with Gasteiger partial charge < -0.3 is 10.6 Å². The SMILES string of the molecule is CCC(CC)(NC(=O)c1cnn2c1NC(c1ccccc1)CC2(C)C)C1CC=CS1. The highest BCUT2D eigenvalue weighted by Gasteiger charge is 2.41. The van der Waals surface area contributed by atoms with E-state index < -0.39 is 0 Å². The molecule has 2 unspecified atom stereocenters. The van der Waals surface area contributed by atoms with Crippen molar-refractivity contribution in [2.75, 3.05) is 5.32 Å². The second kappa shape index (κ2) is 8.14. The number of aromatic nitrogens is 2. The van der Waals surface area contributed by atoms with Crippen molar-refractivity contribution in [3.63, 3.8) is 0 Å². The molecule has 3 heterocycles. The zero-order valence-electron chi connectivity index (χ0n) is 18.3. The molecule has 160 valence electrons. The van der Waals surface area contributed by atoms with E-state index in [1.807, 2.05) is 22.5 Å². The number of nitrogens with zero attached hydrogens (tertiary/aromatic N) is 2. The monoisotopic (exact) mass is 424 g/mol. The standard InChI is InChI=1S/C24H32N4OS/c1-5-24(6-2,20-13-10-14-30-20)27-22(29)18-16-25-28-21(18)26-19(15-23(28,3)4)17-11-8-7-9-12-17/h7-12,14,16,19-20,26H,5-6,13,15H2,1-4H3,(H,27,29). The zero-order chi connectivity index (χ0) is 21.4. The Kier molecular flexibility index (Phi) is 5.71. The molecule has 2 aliphatic rings. The molecule has 1 aromatic carbocycles. The first-order chi connectivity index (χ1) is 14.4. The molecule has 1 aromatic heterocycles. The van der Waals surface area contributed by atoms with E-state index in [0.29, 0.717) is 10.8 Å². The van der Waals surface area contributed by atoms with Crippen molar-refractivity contribution in [2.24, 2.45) is 0 Å². The van der Waals surface area contributed by atoms with Gasteiger partial charge in [0.1, 0.15) is 11.4 Å². The molecule has 5 nitrogen and oxygen atoms in total. The highest BCUT2D eigenvalue weighted by atomic mass is 32.2. The molecule has 4 rings (SSSR count). The van der Waals surface area contributed by atoms with Crippen LogP contribution in [0.3, 0.4) is 0 Å². The number of rotatable bonds is 6. The lowest BCUT2D eigenvalue weighted by atomic mass is 9.86. The molecule has 0 aliphatic carbocycles. The Morgan fingerprint density at radius 2 is 2.03 bits per heavy atom. The van der Waals surface area contributed by atoms with E-state index in [0.717, 1.165) is 31.5 Å². The van der Waals surface area contributed by atoms with Crippen LogP contribution in [0.4, 0.5) is 5.82 Å². The van der Waals surface area contributed by atoms with E-state index in [4.69, 9.17) is 0 Å². The molecule has 1 amide bonds. The molecule has 2 aromatic rings. The maximum atomic E-state index is 13.5. The second-order valence-electron chi connectivity index (χ2n) is 8.99. The lowest BCUT2D eigenvalue weighted by Crippen LogP contribution is -2.54. The maximum Gasteiger partial charge on any atom is 0.257 e. The lowest BCUT2D eigenvalue weighted by molar-refractivity contribution is 0.0890. The number of fused-ring (bicyclic) bond motifs is 1. The largest absolute Gasteiger partial charge is 0.363 e. The Labute approximate surface area is 183 Å². The Bertz CT molecular complexity index is 922. The summed E-state index contributed by atoms with van der Waals surface area (Å²) in [6.45, 7) is 8.71. The fourth-order valence-corrected chi connectivity index (χ4v) is 6.08. The van der Waals surface area contributed by atoms with Gasteiger partial charge in [-0.15, -0.1) is 11.8 Å². The summed E-state index contributed by atoms with van der Waals surface area (Å²) in [6.07, 6.45) is 7.65. The summed E-state index contributed by atoms with van der Waals surface area (Å²) in [7, 11) is 0. The van der Waals surface area contributed by atoms with E-state index in [1.165, 1.54) is 5.56 Å². The van der Waals surface area contributed by atoms with E-state index >= 15 is 0 Å². The van der Waals surface area contributed by atoms with Gasteiger partial charge in [0, 0.05) is 5.25 Å². The van der Waals surface area contributed by atoms with Crippen LogP contribution in [0.5, 0.6) is 0 Å². The average Bonchev–Trinajstić information content (AvgIpc) is 3.43. The van der Waals surface area contributed by atoms with Crippen LogP contribution in [0, 0.1) is 0 Å². The van der Waals surface area contributed by atoms with Gasteiger partial charge in [0.25, 0.3) is 5.91 Å². The molecule has 2 aliphatic heterocycles. The first-order valence-electron chi connectivity index (χ1n) is 10.9. The Morgan fingerprint density at radius 3 is 2.67 bits per heavy atom. The van der Waals surface area contributed by atoms with Gasteiger partial charge in [-0.05, 0) is 50.5 Å². The van der Waals surface area contributed by atoms with Crippen LogP contribution >= 0.6 is 11.8 Å². The Hall–Kier alpha value is -2.21. The normalized spacial score (nSPS) is 22.4. The van der Waals surface area contributed by atoms with Gasteiger partial charge in [-0.25, -0.2) is 4.68 Å². The number of thioether (sulfide) groups is 1. The summed E-state index contributed by atoms with van der Waals surface area (Å²) in [4.78, 5) is 13.5. The molecule has 2 N–H and O–H groups in total. The van der Waals surface area contributed by atoms with Crippen LogP contribution in [-0.4, -0.2) is 26.5 Å². The third kappa shape index (κ3) is 3.66. The quantitative estimate of drug-likeness (QED) is 0.644. The van der Waals surface area contributed by atoms with Crippen molar-refractivity contribution in [1.82, 2.24) is 15.1 Å². The molecule has 2 atom stereocenters. The van der Waals surface area contributed by atoms with Crippen LogP contribution in [0.2, 0.25) is 0 Å². The Balaban J connectivity index is 1.64. The highest BCUT2D eigenvalue weighted by molar-refractivity contribution is 8.03. The van der Waals surface area contributed by atoms with Gasteiger partial charge in [-0.2, -0.15) is 5.10 Å². The van der Waals surface area contributed by atoms with E-state index in [9.17, 15) is 4.79 Å².